The molecule has 0 spiro atoms. The summed E-state index contributed by atoms with van der Waals surface area (Å²) in [6.45, 7) is 3.64. The Morgan fingerprint density at radius 2 is 1.35 bits per heavy atom. The third-order valence-corrected chi connectivity index (χ3v) is 3.06. The molecule has 0 aliphatic heterocycles. The molecule has 6 nitrogen and oxygen atoms in total. The maximum Gasteiger partial charge on any atom is 0.206 e. The number of hydrogen-bond acceptors (Lipinski definition) is 7. The van der Waals surface area contributed by atoms with Crippen LogP contribution < -0.4 is 0 Å². The Hall–Kier alpha value is -2.38. The lowest BCUT2D eigenvalue weighted by Crippen LogP contribution is -2.21. The van der Waals surface area contributed by atoms with Crippen LogP contribution >= 0.6 is 11.7 Å². The number of nitrogens with zero attached hydrogens (tertiary/aromatic N) is 6. The highest BCUT2D eigenvalue weighted by Gasteiger charge is 2.28. The molecule has 1 aliphatic carbocycles. The summed E-state index contributed by atoms with van der Waals surface area (Å²) in [7, 11) is 0. The predicted molar refractivity (Wildman–Crippen MR) is 62.6 cm³/mol. The van der Waals surface area contributed by atoms with Crippen LogP contribution in [-0.4, -0.2) is 20.2 Å². The molecule has 0 atom stereocenters. The van der Waals surface area contributed by atoms with Crippen molar-refractivity contribution >= 4 is 23.2 Å². The number of nitriles is 2. The molecule has 0 saturated carbocycles. The minimum Gasteiger partial charge on any atom is -0.171 e. The van der Waals surface area contributed by atoms with Crippen LogP contribution in [0.15, 0.2) is 21.1 Å². The topological polar surface area (TPSA) is 98.1 Å². The van der Waals surface area contributed by atoms with Crippen LogP contribution in [0.1, 0.15) is 25.2 Å². The molecule has 1 heterocycles. The van der Waals surface area contributed by atoms with Gasteiger partial charge in [0, 0.05) is 0 Å². The third-order valence-electron chi connectivity index (χ3n) is 2.53. The van der Waals surface area contributed by atoms with Crippen LogP contribution in [0.4, 0.5) is 0 Å². The summed E-state index contributed by atoms with van der Waals surface area (Å²) in [5, 5.41) is 17.3. The molecule has 17 heavy (non-hydrogen) atoms. The van der Waals surface area contributed by atoms with Gasteiger partial charge in [-0.15, -0.1) is 0 Å². The summed E-state index contributed by atoms with van der Waals surface area (Å²) in [5.41, 5.74) is 3.64. The fourth-order valence-electron chi connectivity index (χ4n) is 1.58. The Labute approximate surface area is 102 Å². The number of hydrogen-bond donors (Lipinski definition) is 0. The summed E-state index contributed by atoms with van der Waals surface area (Å²) in [4.78, 5) is 7.51. The highest BCUT2D eigenvalue weighted by molar-refractivity contribution is 6.99. The van der Waals surface area contributed by atoms with E-state index >= 15 is 0 Å². The van der Waals surface area contributed by atoms with Gasteiger partial charge in [0.2, 0.25) is 12.4 Å². The highest BCUT2D eigenvalue weighted by Crippen LogP contribution is 2.25. The van der Waals surface area contributed by atoms with Crippen molar-refractivity contribution in [3.05, 3.63) is 22.5 Å². The Balaban J connectivity index is 2.77. The molecular weight excluding hydrogens is 236 g/mol. The smallest absolute Gasteiger partial charge is 0.171 e. The molecule has 0 bridgehead atoms. The van der Waals surface area contributed by atoms with E-state index in [9.17, 15) is 0 Å². The van der Waals surface area contributed by atoms with Crippen molar-refractivity contribution in [2.45, 2.75) is 13.8 Å². The maximum atomic E-state index is 8.67. The van der Waals surface area contributed by atoms with E-state index in [4.69, 9.17) is 10.5 Å². The van der Waals surface area contributed by atoms with Crippen LogP contribution in [0.5, 0.6) is 0 Å². The van der Waals surface area contributed by atoms with Crippen molar-refractivity contribution in [2.24, 2.45) is 9.98 Å². The van der Waals surface area contributed by atoms with Crippen LogP contribution in [0.25, 0.3) is 0 Å². The Morgan fingerprint density at radius 1 is 0.941 bits per heavy atom. The van der Waals surface area contributed by atoms with Gasteiger partial charge in [-0.05, 0) is 25.0 Å². The van der Waals surface area contributed by atoms with Gasteiger partial charge in [-0.2, -0.15) is 29.3 Å². The molecule has 1 aromatic heterocycles. The van der Waals surface area contributed by atoms with E-state index in [1.54, 1.807) is 12.4 Å². The zero-order valence-corrected chi connectivity index (χ0v) is 9.91. The second-order valence-corrected chi connectivity index (χ2v) is 3.86. The van der Waals surface area contributed by atoms with E-state index in [-0.39, 0.29) is 0 Å². The van der Waals surface area contributed by atoms with Gasteiger partial charge in [-0.3, -0.25) is 0 Å². The van der Waals surface area contributed by atoms with Crippen molar-refractivity contribution in [1.82, 2.24) is 8.75 Å². The number of aliphatic imine (C=N–C) groups is 2. The van der Waals surface area contributed by atoms with Gasteiger partial charge in [0.1, 0.15) is 22.8 Å². The zero-order chi connectivity index (χ0) is 12.4. The Morgan fingerprint density at radius 3 is 1.71 bits per heavy atom. The van der Waals surface area contributed by atoms with Gasteiger partial charge in [0.05, 0.1) is 11.7 Å². The van der Waals surface area contributed by atoms with Crippen molar-refractivity contribution in [3.63, 3.8) is 0 Å². The lowest BCUT2D eigenvalue weighted by molar-refractivity contribution is 1.29. The van der Waals surface area contributed by atoms with E-state index < -0.39 is 0 Å². The first-order chi connectivity index (χ1) is 8.20. The molecule has 82 valence electrons. The second-order valence-electron chi connectivity index (χ2n) is 3.33. The van der Waals surface area contributed by atoms with Crippen molar-refractivity contribution < 1.29 is 0 Å². The van der Waals surface area contributed by atoms with E-state index in [0.29, 0.717) is 22.8 Å². The molecule has 7 heteroatoms. The molecule has 1 aromatic rings. The van der Waals surface area contributed by atoms with Crippen LogP contribution in [0.2, 0.25) is 0 Å². The van der Waals surface area contributed by atoms with E-state index in [1.807, 2.05) is 13.8 Å². The fraction of sp³-hybridized carbons (Fsp3) is 0.200. The first-order valence-electron chi connectivity index (χ1n) is 4.65. The first-order valence-corrected chi connectivity index (χ1v) is 5.38. The van der Waals surface area contributed by atoms with Crippen LogP contribution in [0.3, 0.4) is 0 Å². The van der Waals surface area contributed by atoms with E-state index in [0.717, 1.165) is 22.9 Å². The van der Waals surface area contributed by atoms with E-state index in [1.165, 1.54) is 0 Å². The van der Waals surface area contributed by atoms with Crippen molar-refractivity contribution in [3.8, 4) is 12.4 Å². The minimum absolute atomic E-state index is 0.505. The standard InChI is InChI=1S/C10H6N6S/c1-5-6(2)8(14-4-12)10-9(15-17-16-10)7(5)13-3-11/h1-2H3/b13-7-,14-8-. The van der Waals surface area contributed by atoms with E-state index in [2.05, 4.69) is 18.7 Å². The molecular formula is C10H6N6S. The molecule has 1 aliphatic rings. The molecule has 2 rings (SSSR count). The van der Waals surface area contributed by atoms with Gasteiger partial charge in [0.25, 0.3) is 0 Å². The lowest BCUT2D eigenvalue weighted by atomic mass is 9.91. The summed E-state index contributed by atoms with van der Waals surface area (Å²) < 4.78 is 8.20. The Kier molecular flexibility index (Phi) is 2.77. The minimum atomic E-state index is 0.505. The number of aromatic nitrogens is 2. The number of allylic oxidation sites excluding steroid dienone is 2. The maximum absolute atomic E-state index is 8.67. The summed E-state index contributed by atoms with van der Waals surface area (Å²) >= 11 is 1.01. The first kappa shape index (κ1) is 11.1. The van der Waals surface area contributed by atoms with Gasteiger partial charge < -0.3 is 0 Å². The molecule has 0 saturated heterocycles. The zero-order valence-electron chi connectivity index (χ0n) is 9.09. The normalized spacial score (nSPS) is 19.1. The SMILES string of the molecule is CC1=C(C)C(=N/C#N)/c2nsnc2/C1=N\C#N. The number of fused-ring (bicyclic) bond motifs is 1. The molecule has 0 unspecified atom stereocenters. The largest absolute Gasteiger partial charge is 0.206 e. The number of rotatable bonds is 0. The Bertz CT molecular complexity index is 595. The van der Waals surface area contributed by atoms with Crippen LogP contribution in [0, 0.1) is 22.9 Å². The summed E-state index contributed by atoms with van der Waals surface area (Å²) in [6, 6.07) is 0. The monoisotopic (exact) mass is 242 g/mol. The van der Waals surface area contributed by atoms with Crippen molar-refractivity contribution in [2.75, 3.05) is 0 Å². The molecule has 0 fully saturated rings. The van der Waals surface area contributed by atoms with Gasteiger partial charge >= 0.3 is 0 Å². The molecule has 0 amide bonds. The molecule has 0 radical (unpaired) electrons. The average Bonchev–Trinajstić information content (AvgIpc) is 2.79. The average molecular weight is 242 g/mol. The summed E-state index contributed by atoms with van der Waals surface area (Å²) in [5.74, 6) is 0. The highest BCUT2D eigenvalue weighted by atomic mass is 32.1. The van der Waals surface area contributed by atoms with Crippen LogP contribution in [-0.2, 0) is 0 Å². The lowest BCUT2D eigenvalue weighted by Gasteiger charge is -2.15. The summed E-state index contributed by atoms with van der Waals surface area (Å²) in [6.07, 6.45) is 3.50. The fourth-order valence-corrected chi connectivity index (χ4v) is 2.13. The second kappa shape index (κ2) is 4.24. The quantitative estimate of drug-likeness (QED) is 0.642. The van der Waals surface area contributed by atoms with Gasteiger partial charge in [-0.1, -0.05) is 0 Å². The molecule has 0 aromatic carbocycles. The van der Waals surface area contributed by atoms with Crippen molar-refractivity contribution in [1.29, 1.82) is 10.5 Å². The third kappa shape index (κ3) is 1.63. The molecule has 0 N–H and O–H groups in total. The van der Waals surface area contributed by atoms with Gasteiger partial charge in [-0.25, -0.2) is 0 Å². The van der Waals surface area contributed by atoms with Gasteiger partial charge in [0.15, 0.2) is 0 Å². The predicted octanol–water partition coefficient (Wildman–Crippen LogP) is 1.43.